The highest BCUT2D eigenvalue weighted by Gasteiger charge is 2.61. The van der Waals surface area contributed by atoms with Crippen LogP contribution in [0.4, 0.5) is 0 Å². The van der Waals surface area contributed by atoms with Gasteiger partial charge in [-0.25, -0.2) is 0 Å². The van der Waals surface area contributed by atoms with Crippen LogP contribution in [0.3, 0.4) is 0 Å². The molecular formula is C20H17ClN4OS. The van der Waals surface area contributed by atoms with Crippen LogP contribution >= 0.6 is 22.9 Å². The molecule has 1 unspecified atom stereocenters. The molecule has 1 aromatic carbocycles. The molecule has 1 aliphatic heterocycles. The number of fused-ring (bicyclic) bond motifs is 4. The van der Waals surface area contributed by atoms with Crippen molar-refractivity contribution in [2.45, 2.75) is 32.7 Å². The summed E-state index contributed by atoms with van der Waals surface area (Å²) in [6, 6.07) is 7.73. The van der Waals surface area contributed by atoms with Crippen molar-refractivity contribution in [3.8, 4) is 5.00 Å². The first-order valence-electron chi connectivity index (χ1n) is 8.80. The number of aryl methyl sites for hydroxylation is 2. The lowest BCUT2D eigenvalue weighted by atomic mass is 9.99. The van der Waals surface area contributed by atoms with Gasteiger partial charge in [0, 0.05) is 21.0 Å². The van der Waals surface area contributed by atoms with E-state index in [1.807, 2.05) is 31.2 Å². The minimum absolute atomic E-state index is 0.169. The number of halogens is 1. The van der Waals surface area contributed by atoms with Crippen LogP contribution in [0.2, 0.25) is 5.02 Å². The Morgan fingerprint density at radius 1 is 1.22 bits per heavy atom. The average Bonchev–Trinajstić information content (AvgIpc) is 3.15. The second-order valence-corrected chi connectivity index (χ2v) is 8.85. The van der Waals surface area contributed by atoms with Crippen molar-refractivity contribution in [3.05, 3.63) is 62.5 Å². The molecule has 0 saturated heterocycles. The number of thiophene rings is 1. The van der Waals surface area contributed by atoms with Crippen LogP contribution in [0.25, 0.3) is 5.00 Å². The Hall–Kier alpha value is -2.31. The monoisotopic (exact) mass is 396 g/mol. The highest BCUT2D eigenvalue weighted by atomic mass is 35.5. The summed E-state index contributed by atoms with van der Waals surface area (Å²) in [5.74, 6) is 1.41. The maximum absolute atomic E-state index is 11.6. The van der Waals surface area contributed by atoms with Crippen molar-refractivity contribution in [3.63, 3.8) is 0 Å². The number of carbonyl (C=O) groups is 1. The zero-order valence-electron chi connectivity index (χ0n) is 15.2. The number of aliphatic imine (C=N–C) groups is 1. The first kappa shape index (κ1) is 16.8. The number of hydrogen-bond acceptors (Lipinski definition) is 5. The summed E-state index contributed by atoms with van der Waals surface area (Å²) in [6.07, 6.45) is 1.66. The summed E-state index contributed by atoms with van der Waals surface area (Å²) >= 11 is 7.82. The number of benzene rings is 1. The van der Waals surface area contributed by atoms with Gasteiger partial charge in [-0.3, -0.25) is 9.56 Å². The van der Waals surface area contributed by atoms with Gasteiger partial charge < -0.3 is 4.79 Å². The molecule has 0 radical (unpaired) electrons. The summed E-state index contributed by atoms with van der Waals surface area (Å²) in [5, 5.41) is 10.5. The van der Waals surface area contributed by atoms with E-state index < -0.39 is 5.54 Å². The molecular weight excluding hydrogens is 380 g/mol. The van der Waals surface area contributed by atoms with E-state index in [9.17, 15) is 4.79 Å². The molecule has 0 amide bonds. The fourth-order valence-electron chi connectivity index (χ4n) is 3.88. The summed E-state index contributed by atoms with van der Waals surface area (Å²) in [6.45, 7) is 6.19. The quantitative estimate of drug-likeness (QED) is 0.611. The Bertz CT molecular complexity index is 1130. The molecule has 3 heterocycles. The molecule has 2 aromatic heterocycles. The molecule has 136 valence electrons. The Kier molecular flexibility index (Phi) is 3.49. The minimum atomic E-state index is -0.628. The first-order valence-corrected chi connectivity index (χ1v) is 10.00. The second-order valence-electron chi connectivity index (χ2n) is 7.21. The third kappa shape index (κ3) is 2.23. The largest absolute Gasteiger partial charge is 0.303 e. The van der Waals surface area contributed by atoms with Crippen LogP contribution in [-0.2, 0) is 10.3 Å². The lowest BCUT2D eigenvalue weighted by molar-refractivity contribution is -0.109. The van der Waals surface area contributed by atoms with Gasteiger partial charge in [0.05, 0.1) is 11.6 Å². The van der Waals surface area contributed by atoms with Crippen molar-refractivity contribution in [1.82, 2.24) is 14.8 Å². The van der Waals surface area contributed by atoms with Crippen molar-refractivity contribution in [2.24, 2.45) is 10.9 Å². The maximum Gasteiger partial charge on any atom is 0.167 e. The standard InChI is InChI=1S/C20H17ClN4OS/c1-10-11(2)27-18-16(10)17(13-4-6-15(21)7-5-13)22-20(8-14(20)9-26)19-24-23-12(3)25(18)19/h4-7,9,14H,8H2,1-3H3/t14?,20-/m1/s1. The maximum atomic E-state index is 11.6. The Morgan fingerprint density at radius 3 is 2.63 bits per heavy atom. The molecule has 5 rings (SSSR count). The van der Waals surface area contributed by atoms with E-state index in [0.29, 0.717) is 11.4 Å². The zero-order valence-corrected chi connectivity index (χ0v) is 16.7. The lowest BCUT2D eigenvalue weighted by Crippen LogP contribution is -2.15. The molecule has 0 N–H and O–H groups in total. The average molecular weight is 397 g/mol. The molecule has 2 atom stereocenters. The predicted octanol–water partition coefficient (Wildman–Crippen LogP) is 4.17. The topological polar surface area (TPSA) is 60.1 Å². The number of hydrogen-bond donors (Lipinski definition) is 0. The fraction of sp³-hybridized carbons (Fsp3) is 0.300. The van der Waals surface area contributed by atoms with Gasteiger partial charge in [-0.2, -0.15) is 0 Å². The van der Waals surface area contributed by atoms with E-state index in [2.05, 4.69) is 28.6 Å². The summed E-state index contributed by atoms with van der Waals surface area (Å²) in [7, 11) is 0. The molecule has 5 nitrogen and oxygen atoms in total. The van der Waals surface area contributed by atoms with Crippen LogP contribution in [0.1, 0.15) is 39.6 Å². The third-order valence-corrected chi connectivity index (χ3v) is 7.04. The Labute approximate surface area is 165 Å². The van der Waals surface area contributed by atoms with Crippen LogP contribution in [0.15, 0.2) is 29.3 Å². The van der Waals surface area contributed by atoms with Crippen molar-refractivity contribution in [2.75, 3.05) is 0 Å². The molecule has 2 aliphatic rings. The van der Waals surface area contributed by atoms with E-state index in [4.69, 9.17) is 16.6 Å². The number of carbonyl (C=O) groups excluding carboxylic acids is 1. The first-order chi connectivity index (χ1) is 13.0. The molecule has 1 spiro atoms. The summed E-state index contributed by atoms with van der Waals surface area (Å²) < 4.78 is 2.09. The van der Waals surface area contributed by atoms with E-state index >= 15 is 0 Å². The minimum Gasteiger partial charge on any atom is -0.303 e. The van der Waals surface area contributed by atoms with Gasteiger partial charge in [0.1, 0.15) is 22.7 Å². The van der Waals surface area contributed by atoms with E-state index in [0.717, 1.165) is 39.8 Å². The Morgan fingerprint density at radius 2 is 1.96 bits per heavy atom. The second kappa shape index (κ2) is 5.59. The molecule has 0 bridgehead atoms. The van der Waals surface area contributed by atoms with Crippen LogP contribution < -0.4 is 0 Å². The molecule has 7 heteroatoms. The number of aldehydes is 1. The smallest absolute Gasteiger partial charge is 0.167 e. The van der Waals surface area contributed by atoms with Gasteiger partial charge in [-0.1, -0.05) is 23.7 Å². The van der Waals surface area contributed by atoms with Gasteiger partial charge >= 0.3 is 0 Å². The Balaban J connectivity index is 1.87. The molecule has 1 saturated carbocycles. The molecule has 1 fully saturated rings. The number of aromatic nitrogens is 3. The third-order valence-electron chi connectivity index (χ3n) is 5.60. The highest BCUT2D eigenvalue weighted by Crippen LogP contribution is 2.56. The normalized spacial score (nSPS) is 22.8. The molecule has 1 aliphatic carbocycles. The summed E-state index contributed by atoms with van der Waals surface area (Å²) in [4.78, 5) is 18.1. The van der Waals surface area contributed by atoms with E-state index in [1.54, 1.807) is 11.3 Å². The van der Waals surface area contributed by atoms with Crippen LogP contribution in [0.5, 0.6) is 0 Å². The van der Waals surface area contributed by atoms with Crippen LogP contribution in [0, 0.1) is 26.7 Å². The number of nitrogens with zero attached hydrogens (tertiary/aromatic N) is 4. The fourth-order valence-corrected chi connectivity index (χ4v) is 5.21. The van der Waals surface area contributed by atoms with Gasteiger partial charge in [-0.15, -0.1) is 21.5 Å². The van der Waals surface area contributed by atoms with Gasteiger partial charge in [0.2, 0.25) is 0 Å². The predicted molar refractivity (Wildman–Crippen MR) is 106 cm³/mol. The van der Waals surface area contributed by atoms with Crippen molar-refractivity contribution >= 4 is 34.9 Å². The summed E-state index contributed by atoms with van der Waals surface area (Å²) in [5.41, 5.74) is 3.56. The SMILES string of the molecule is Cc1sc2c(c1C)C(c1ccc(Cl)cc1)=N[C@@]1(CC1C=O)c1nnc(C)n1-2. The van der Waals surface area contributed by atoms with E-state index in [1.165, 1.54) is 10.4 Å². The van der Waals surface area contributed by atoms with Gasteiger partial charge in [0.15, 0.2) is 5.82 Å². The van der Waals surface area contributed by atoms with Crippen molar-refractivity contribution < 1.29 is 4.79 Å². The molecule has 27 heavy (non-hydrogen) atoms. The van der Waals surface area contributed by atoms with Gasteiger partial charge in [0.25, 0.3) is 0 Å². The number of rotatable bonds is 2. The molecule has 3 aromatic rings. The zero-order chi connectivity index (χ0) is 18.9. The lowest BCUT2D eigenvalue weighted by Gasteiger charge is -2.11. The highest BCUT2D eigenvalue weighted by molar-refractivity contribution is 7.15. The van der Waals surface area contributed by atoms with E-state index in [-0.39, 0.29) is 5.92 Å². The van der Waals surface area contributed by atoms with Crippen LogP contribution in [-0.4, -0.2) is 26.8 Å². The van der Waals surface area contributed by atoms with Crippen molar-refractivity contribution in [1.29, 1.82) is 0 Å². The van der Waals surface area contributed by atoms with Gasteiger partial charge in [-0.05, 0) is 44.9 Å².